The van der Waals surface area contributed by atoms with Gasteiger partial charge >= 0.3 is 17.9 Å². The van der Waals surface area contributed by atoms with Gasteiger partial charge in [0.25, 0.3) is 0 Å². The molecule has 1 heterocycles. The van der Waals surface area contributed by atoms with Crippen molar-refractivity contribution in [2.24, 2.45) is 29.6 Å². The number of nitrogens with one attached hydrogen (secondary N) is 2. The number of anilines is 1. The first-order valence-electron chi connectivity index (χ1n) is 38.5. The molecule has 0 saturated heterocycles. The Morgan fingerprint density at radius 2 is 0.825 bits per heavy atom. The number of para-hydroxylation sites is 2. The highest BCUT2D eigenvalue weighted by Crippen LogP contribution is 2.39. The number of hydrogen-bond acceptors (Lipinski definition) is 9. The summed E-state index contributed by atoms with van der Waals surface area (Å²) >= 11 is 1.93. The maximum Gasteiger partial charge on any atom is 0.314 e. The Morgan fingerprint density at radius 3 is 1.34 bits per heavy atom. The number of hydrogen-bond donors (Lipinski definition) is 2. The minimum Gasteiger partial charge on any atom is -0.465 e. The van der Waals surface area contributed by atoms with Crippen molar-refractivity contribution >= 4 is 77.7 Å². The number of esters is 3. The summed E-state index contributed by atoms with van der Waals surface area (Å²) in [6.45, 7) is 53.3. The Balaban J connectivity index is -0.00000113. The lowest BCUT2D eigenvalue weighted by Crippen LogP contribution is -2.28. The molecule has 2 N–H and O–H groups in total. The van der Waals surface area contributed by atoms with E-state index in [2.05, 4.69) is 99.0 Å². The zero-order valence-electron chi connectivity index (χ0n) is 68.5. The first-order valence-corrected chi connectivity index (χ1v) is 39.4. The van der Waals surface area contributed by atoms with Crippen molar-refractivity contribution in [2.45, 2.75) is 237 Å². The Kier molecular flexibility index (Phi) is 59.6. The Labute approximate surface area is 630 Å². The van der Waals surface area contributed by atoms with E-state index in [-0.39, 0.29) is 59.3 Å². The van der Waals surface area contributed by atoms with Gasteiger partial charge in [-0.05, 0) is 128 Å². The SMILES string of the molecule is CC.CC.CC.CC.CC.CC.CCC(C)C(=O)NCc1cc(C)cc(C)c1.CCC(C)C(=O)Nc1ccccc1.CCC(C)C(=O)OCCc1ccccc1.CCC(C)C(=O)Oc1ccc2ccccc2c1.CCC(C)C(=O)Oc1ccccc1.CCC(C)c1cccc2c1sc1ccccc12. The average Bonchev–Trinajstić information content (AvgIpc) is 1.63. The molecule has 0 aliphatic rings. The van der Waals surface area contributed by atoms with E-state index in [4.69, 9.17) is 14.2 Å². The van der Waals surface area contributed by atoms with Gasteiger partial charge in [-0.2, -0.15) is 0 Å². The molecule has 6 atom stereocenters. The van der Waals surface area contributed by atoms with Crippen LogP contribution in [0.1, 0.15) is 238 Å². The topological polar surface area (TPSA) is 137 Å². The predicted octanol–water partition coefficient (Wildman–Crippen LogP) is 26.6. The lowest BCUT2D eigenvalue weighted by molar-refractivity contribution is -0.148. The van der Waals surface area contributed by atoms with Gasteiger partial charge in [-0.1, -0.05) is 329 Å². The Bertz CT molecular complexity index is 3530. The van der Waals surface area contributed by atoms with Crippen LogP contribution in [0.2, 0.25) is 0 Å². The van der Waals surface area contributed by atoms with Crippen molar-refractivity contribution < 1.29 is 38.2 Å². The van der Waals surface area contributed by atoms with Gasteiger partial charge in [-0.3, -0.25) is 24.0 Å². The summed E-state index contributed by atoms with van der Waals surface area (Å²) in [4.78, 5) is 57.4. The van der Waals surface area contributed by atoms with E-state index in [0.717, 1.165) is 55.0 Å². The number of carbonyl (C=O) groups excluding carboxylic acids is 5. The van der Waals surface area contributed by atoms with Gasteiger partial charge in [-0.15, -0.1) is 11.3 Å². The summed E-state index contributed by atoms with van der Waals surface area (Å²) in [5.41, 5.74) is 7.24. The second-order valence-corrected chi connectivity index (χ2v) is 24.4. The largest absolute Gasteiger partial charge is 0.465 e. The van der Waals surface area contributed by atoms with Crippen molar-refractivity contribution in [3.05, 3.63) is 222 Å². The third kappa shape index (κ3) is 40.3. The monoisotopic (exact) mass is 1430 g/mol. The van der Waals surface area contributed by atoms with Crippen LogP contribution in [0.5, 0.6) is 11.5 Å². The standard InChI is InChI=1S/C16H16S.C15H16O2.C14H21NO.C13H18O2.C11H15NO.C11H14O2.6C2H6/c1-3-11(2)12-8-6-9-14-13-7-4-5-10-15(13)17-16(12)14;1-3-11(2)15(16)17-14-9-8-12-6-4-5-7-13(12)10-14;1-5-12(4)14(16)15-9-13-7-10(2)6-11(3)8-13;1-3-11(2)13(14)15-10-9-12-7-5-4-6-8-12;1-3-9(2)11(13)12-10-7-5-4-6-8-10;1-3-9(2)11(12)13-10-7-5-4-6-8-10;6*1-2/h2*4-11H,3H2,1-2H3;6-8,12H,5,9H2,1-4H3,(H,15,16);4-8,11H,3,9-10H2,1-2H3;4-9H,3H2,1-2H3,(H,12,13);4-9H,3H2,1-2H3;6*1-2H3. The van der Waals surface area contributed by atoms with Crippen LogP contribution >= 0.6 is 11.3 Å². The van der Waals surface area contributed by atoms with E-state index in [1.807, 2.05) is 285 Å². The zero-order valence-corrected chi connectivity index (χ0v) is 69.3. The van der Waals surface area contributed by atoms with Crippen LogP contribution in [0.25, 0.3) is 30.9 Å². The normalized spacial score (nSPS) is 11.3. The summed E-state index contributed by atoms with van der Waals surface area (Å²) < 4.78 is 18.5. The smallest absolute Gasteiger partial charge is 0.314 e. The van der Waals surface area contributed by atoms with Gasteiger partial charge in [-0.25, -0.2) is 0 Å². The van der Waals surface area contributed by atoms with Crippen molar-refractivity contribution in [3.8, 4) is 11.5 Å². The summed E-state index contributed by atoms with van der Waals surface area (Å²) in [7, 11) is 0. The molecule has 0 aliphatic carbocycles. The number of carbonyl (C=O) groups is 5. The number of ether oxygens (including phenoxy) is 3. The molecular formula is C92H136N2O8S. The molecule has 6 unspecified atom stereocenters. The maximum atomic E-state index is 11.7. The molecule has 0 bridgehead atoms. The lowest BCUT2D eigenvalue weighted by Gasteiger charge is -2.10. The van der Waals surface area contributed by atoms with Gasteiger partial charge in [0.05, 0.1) is 24.4 Å². The Hall–Kier alpha value is -8.41. The Morgan fingerprint density at radius 1 is 0.388 bits per heavy atom. The molecular weight excluding hydrogens is 1290 g/mol. The number of benzene rings is 8. The predicted molar refractivity (Wildman–Crippen MR) is 449 cm³/mol. The van der Waals surface area contributed by atoms with Crippen LogP contribution in [-0.4, -0.2) is 36.3 Å². The van der Waals surface area contributed by atoms with Crippen molar-refractivity contribution in [1.29, 1.82) is 0 Å². The second-order valence-electron chi connectivity index (χ2n) is 23.3. The molecule has 568 valence electrons. The zero-order chi connectivity index (χ0) is 78.7. The molecule has 0 saturated carbocycles. The van der Waals surface area contributed by atoms with E-state index < -0.39 is 0 Å². The van der Waals surface area contributed by atoms with Crippen LogP contribution in [0, 0.1) is 43.4 Å². The first kappa shape index (κ1) is 98.8. The number of amides is 2. The molecule has 0 aliphatic heterocycles. The van der Waals surface area contributed by atoms with Crippen molar-refractivity contribution in [2.75, 3.05) is 11.9 Å². The minimum atomic E-state index is -0.164. The van der Waals surface area contributed by atoms with Crippen molar-refractivity contribution in [3.63, 3.8) is 0 Å². The van der Waals surface area contributed by atoms with Gasteiger partial charge in [0.2, 0.25) is 11.8 Å². The van der Waals surface area contributed by atoms with E-state index in [1.165, 1.54) is 54.4 Å². The van der Waals surface area contributed by atoms with Gasteiger partial charge < -0.3 is 24.8 Å². The molecule has 0 radical (unpaired) electrons. The summed E-state index contributed by atoms with van der Waals surface area (Å²) in [5, 5.41) is 10.9. The molecule has 9 rings (SSSR count). The molecule has 1 aromatic heterocycles. The fraction of sp³-hybridized carbons (Fsp3) is 0.446. The first-order chi connectivity index (χ1) is 49.7. The van der Waals surface area contributed by atoms with Crippen LogP contribution in [0.4, 0.5) is 5.69 Å². The van der Waals surface area contributed by atoms with E-state index in [0.29, 0.717) is 30.6 Å². The summed E-state index contributed by atoms with van der Waals surface area (Å²) in [5.74, 6) is 1.82. The highest BCUT2D eigenvalue weighted by Gasteiger charge is 2.16. The molecule has 2 amide bonds. The van der Waals surface area contributed by atoms with Gasteiger partial charge in [0.1, 0.15) is 11.5 Å². The number of thiophene rings is 1. The highest BCUT2D eigenvalue weighted by atomic mass is 32.1. The average molecular weight is 1430 g/mol. The van der Waals surface area contributed by atoms with Crippen LogP contribution in [-0.2, 0) is 41.7 Å². The quantitative estimate of drug-likeness (QED) is 0.0569. The molecule has 8 aromatic carbocycles. The van der Waals surface area contributed by atoms with E-state index in [1.54, 1.807) is 12.1 Å². The molecule has 9 aromatic rings. The summed E-state index contributed by atoms with van der Waals surface area (Å²) in [6, 6.07) is 64.2. The number of aryl methyl sites for hydroxylation is 2. The number of fused-ring (bicyclic) bond motifs is 4. The molecule has 0 fully saturated rings. The van der Waals surface area contributed by atoms with Crippen molar-refractivity contribution in [1.82, 2.24) is 5.32 Å². The fourth-order valence-electron chi connectivity index (χ4n) is 8.78. The third-order valence-corrected chi connectivity index (χ3v) is 17.1. The molecule has 103 heavy (non-hydrogen) atoms. The summed E-state index contributed by atoms with van der Waals surface area (Å²) in [6.07, 6.45) is 6.20. The molecule has 11 heteroatoms. The lowest BCUT2D eigenvalue weighted by atomic mass is 9.97. The molecule has 0 spiro atoms. The van der Waals surface area contributed by atoms with Gasteiger partial charge in [0, 0.05) is 50.7 Å². The third-order valence-electron chi connectivity index (χ3n) is 15.9. The van der Waals surface area contributed by atoms with Crippen LogP contribution < -0.4 is 20.1 Å². The number of rotatable bonds is 20. The minimum absolute atomic E-state index is 0.0146. The van der Waals surface area contributed by atoms with Crippen LogP contribution in [0.3, 0.4) is 0 Å². The molecule has 10 nitrogen and oxygen atoms in total. The second kappa shape index (κ2) is 62.2. The highest BCUT2D eigenvalue weighted by molar-refractivity contribution is 7.26. The van der Waals surface area contributed by atoms with E-state index >= 15 is 0 Å². The van der Waals surface area contributed by atoms with Crippen LogP contribution in [0.15, 0.2) is 194 Å². The maximum absolute atomic E-state index is 11.7. The van der Waals surface area contributed by atoms with E-state index in [9.17, 15) is 24.0 Å². The van der Waals surface area contributed by atoms with Gasteiger partial charge in [0.15, 0.2) is 0 Å². The fourth-order valence-corrected chi connectivity index (χ4v) is 10.1.